The van der Waals surface area contributed by atoms with E-state index in [0.29, 0.717) is 19.5 Å². The lowest BCUT2D eigenvalue weighted by molar-refractivity contribution is -0.121. The van der Waals surface area contributed by atoms with E-state index in [1.165, 1.54) is 12.8 Å². The SMILES string of the molecule is CCCCCC(=O)NCC(O)CN1CCC(C)CC1. The van der Waals surface area contributed by atoms with Crippen LogP contribution in [0.25, 0.3) is 0 Å². The highest BCUT2D eigenvalue weighted by Gasteiger charge is 2.18. The van der Waals surface area contributed by atoms with Crippen LogP contribution in [0.4, 0.5) is 0 Å². The summed E-state index contributed by atoms with van der Waals surface area (Å²) in [6, 6.07) is 0. The normalized spacial score (nSPS) is 19.3. The lowest BCUT2D eigenvalue weighted by Gasteiger charge is -2.31. The highest BCUT2D eigenvalue weighted by Crippen LogP contribution is 2.15. The third kappa shape index (κ3) is 7.53. The van der Waals surface area contributed by atoms with Gasteiger partial charge in [0, 0.05) is 19.5 Å². The third-order valence-electron chi connectivity index (χ3n) is 3.89. The highest BCUT2D eigenvalue weighted by molar-refractivity contribution is 5.75. The van der Waals surface area contributed by atoms with E-state index >= 15 is 0 Å². The van der Waals surface area contributed by atoms with Gasteiger partial charge < -0.3 is 15.3 Å². The monoisotopic (exact) mass is 270 g/mol. The van der Waals surface area contributed by atoms with Gasteiger partial charge in [0.15, 0.2) is 0 Å². The summed E-state index contributed by atoms with van der Waals surface area (Å²) >= 11 is 0. The maximum absolute atomic E-state index is 11.5. The molecular formula is C15H30N2O2. The summed E-state index contributed by atoms with van der Waals surface area (Å²) in [7, 11) is 0. The summed E-state index contributed by atoms with van der Waals surface area (Å²) < 4.78 is 0. The average molecular weight is 270 g/mol. The molecule has 1 saturated heterocycles. The Morgan fingerprint density at radius 2 is 2.05 bits per heavy atom. The number of carbonyl (C=O) groups is 1. The first-order valence-electron chi connectivity index (χ1n) is 7.79. The van der Waals surface area contributed by atoms with E-state index in [9.17, 15) is 9.90 Å². The van der Waals surface area contributed by atoms with Gasteiger partial charge in [0.25, 0.3) is 0 Å². The van der Waals surface area contributed by atoms with Crippen LogP contribution in [0.3, 0.4) is 0 Å². The molecule has 0 aliphatic carbocycles. The number of unbranched alkanes of at least 4 members (excludes halogenated alkanes) is 2. The second kappa shape index (κ2) is 9.32. The number of aliphatic hydroxyl groups is 1. The molecule has 1 unspecified atom stereocenters. The van der Waals surface area contributed by atoms with E-state index in [4.69, 9.17) is 0 Å². The number of aliphatic hydroxyl groups excluding tert-OH is 1. The number of hydrogen-bond donors (Lipinski definition) is 2. The second-order valence-corrected chi connectivity index (χ2v) is 5.90. The van der Waals surface area contributed by atoms with Gasteiger partial charge in [-0.05, 0) is 38.3 Å². The lowest BCUT2D eigenvalue weighted by Crippen LogP contribution is -2.43. The van der Waals surface area contributed by atoms with Gasteiger partial charge in [0.2, 0.25) is 5.91 Å². The average Bonchev–Trinajstić information content (AvgIpc) is 2.39. The van der Waals surface area contributed by atoms with E-state index in [-0.39, 0.29) is 5.91 Å². The molecule has 1 fully saturated rings. The standard InChI is InChI=1S/C15H30N2O2/c1-3-4-5-6-15(19)16-11-14(18)12-17-9-7-13(2)8-10-17/h13-14,18H,3-12H2,1-2H3,(H,16,19). The molecule has 2 N–H and O–H groups in total. The first kappa shape index (κ1) is 16.4. The van der Waals surface area contributed by atoms with Crippen LogP contribution in [0.1, 0.15) is 52.4 Å². The summed E-state index contributed by atoms with van der Waals surface area (Å²) in [4.78, 5) is 13.8. The molecule has 4 heteroatoms. The summed E-state index contributed by atoms with van der Waals surface area (Å²) in [5, 5.41) is 12.8. The Morgan fingerprint density at radius 1 is 1.37 bits per heavy atom. The molecule has 0 saturated carbocycles. The second-order valence-electron chi connectivity index (χ2n) is 5.90. The quantitative estimate of drug-likeness (QED) is 0.661. The van der Waals surface area contributed by atoms with Gasteiger partial charge in [-0.25, -0.2) is 0 Å². The minimum absolute atomic E-state index is 0.0692. The van der Waals surface area contributed by atoms with Gasteiger partial charge >= 0.3 is 0 Å². The molecule has 0 spiro atoms. The summed E-state index contributed by atoms with van der Waals surface area (Å²) in [5.74, 6) is 0.881. The van der Waals surface area contributed by atoms with E-state index < -0.39 is 6.10 Å². The van der Waals surface area contributed by atoms with E-state index in [1.54, 1.807) is 0 Å². The molecule has 1 atom stereocenters. The van der Waals surface area contributed by atoms with E-state index in [0.717, 1.165) is 38.3 Å². The van der Waals surface area contributed by atoms with Crippen LogP contribution in [0, 0.1) is 5.92 Å². The topological polar surface area (TPSA) is 52.6 Å². The maximum Gasteiger partial charge on any atom is 0.220 e. The Labute approximate surface area is 117 Å². The van der Waals surface area contributed by atoms with Crippen molar-refractivity contribution in [2.75, 3.05) is 26.2 Å². The molecule has 0 aromatic heterocycles. The zero-order chi connectivity index (χ0) is 14.1. The number of piperidine rings is 1. The van der Waals surface area contributed by atoms with E-state index in [2.05, 4.69) is 24.1 Å². The molecule has 0 aromatic rings. The van der Waals surface area contributed by atoms with Crippen molar-refractivity contribution in [1.82, 2.24) is 10.2 Å². The molecule has 0 bridgehead atoms. The molecule has 19 heavy (non-hydrogen) atoms. The Hall–Kier alpha value is -0.610. The Balaban J connectivity index is 2.07. The molecule has 1 rings (SSSR count). The van der Waals surface area contributed by atoms with E-state index in [1.807, 2.05) is 0 Å². The van der Waals surface area contributed by atoms with Gasteiger partial charge in [-0.15, -0.1) is 0 Å². The molecule has 0 aromatic carbocycles. The van der Waals surface area contributed by atoms with Crippen LogP contribution in [-0.4, -0.2) is 48.2 Å². The molecule has 1 aliphatic rings. The van der Waals surface area contributed by atoms with Gasteiger partial charge in [-0.2, -0.15) is 0 Å². The third-order valence-corrected chi connectivity index (χ3v) is 3.89. The van der Waals surface area contributed by atoms with Crippen LogP contribution in [-0.2, 0) is 4.79 Å². The largest absolute Gasteiger partial charge is 0.390 e. The number of rotatable bonds is 8. The zero-order valence-electron chi connectivity index (χ0n) is 12.5. The van der Waals surface area contributed by atoms with Crippen LogP contribution in [0.15, 0.2) is 0 Å². The molecule has 1 aliphatic heterocycles. The smallest absolute Gasteiger partial charge is 0.220 e. The zero-order valence-corrected chi connectivity index (χ0v) is 12.5. The fourth-order valence-electron chi connectivity index (χ4n) is 2.46. The maximum atomic E-state index is 11.5. The summed E-state index contributed by atoms with van der Waals surface area (Å²) in [6.45, 7) is 7.62. The Bertz CT molecular complexity index is 251. The lowest BCUT2D eigenvalue weighted by atomic mass is 9.99. The number of β-amino-alcohol motifs (C(OH)–C–C–N with tert-alkyl or cyclic N) is 1. The number of likely N-dealkylation sites (tertiary alicyclic amines) is 1. The number of hydrogen-bond acceptors (Lipinski definition) is 3. The minimum atomic E-state index is -0.441. The minimum Gasteiger partial charge on any atom is -0.390 e. The van der Waals surface area contributed by atoms with Crippen molar-refractivity contribution >= 4 is 5.91 Å². The number of nitrogens with zero attached hydrogens (tertiary/aromatic N) is 1. The van der Waals surface area contributed by atoms with Gasteiger partial charge in [-0.1, -0.05) is 26.7 Å². The summed E-state index contributed by atoms with van der Waals surface area (Å²) in [6.07, 6.45) is 5.75. The van der Waals surface area contributed by atoms with Crippen molar-refractivity contribution in [3.05, 3.63) is 0 Å². The molecule has 0 radical (unpaired) electrons. The Morgan fingerprint density at radius 3 is 2.68 bits per heavy atom. The molecule has 112 valence electrons. The predicted molar refractivity (Wildman–Crippen MR) is 78.0 cm³/mol. The fraction of sp³-hybridized carbons (Fsp3) is 0.933. The molecular weight excluding hydrogens is 240 g/mol. The van der Waals surface area contributed by atoms with Crippen LogP contribution >= 0.6 is 0 Å². The number of nitrogens with one attached hydrogen (secondary N) is 1. The van der Waals surface area contributed by atoms with Gasteiger partial charge in [0.1, 0.15) is 0 Å². The van der Waals surface area contributed by atoms with Crippen molar-refractivity contribution in [1.29, 1.82) is 0 Å². The number of carbonyl (C=O) groups excluding carboxylic acids is 1. The first-order chi connectivity index (χ1) is 9.11. The van der Waals surface area contributed by atoms with Crippen LogP contribution in [0.5, 0.6) is 0 Å². The molecule has 4 nitrogen and oxygen atoms in total. The summed E-state index contributed by atoms with van der Waals surface area (Å²) in [5.41, 5.74) is 0. The molecule has 1 heterocycles. The van der Waals surface area contributed by atoms with Crippen LogP contribution < -0.4 is 5.32 Å². The van der Waals surface area contributed by atoms with Gasteiger partial charge in [0.05, 0.1) is 6.10 Å². The first-order valence-corrected chi connectivity index (χ1v) is 7.79. The van der Waals surface area contributed by atoms with Crippen molar-refractivity contribution in [3.8, 4) is 0 Å². The molecule has 1 amide bonds. The fourth-order valence-corrected chi connectivity index (χ4v) is 2.46. The van der Waals surface area contributed by atoms with Gasteiger partial charge in [-0.3, -0.25) is 4.79 Å². The Kier molecular flexibility index (Phi) is 8.07. The number of amides is 1. The van der Waals surface area contributed by atoms with Crippen molar-refractivity contribution in [2.24, 2.45) is 5.92 Å². The predicted octanol–water partition coefficient (Wildman–Crippen LogP) is 1.78. The van der Waals surface area contributed by atoms with Crippen molar-refractivity contribution in [3.63, 3.8) is 0 Å². The van der Waals surface area contributed by atoms with Crippen molar-refractivity contribution in [2.45, 2.75) is 58.5 Å². The van der Waals surface area contributed by atoms with Crippen molar-refractivity contribution < 1.29 is 9.90 Å². The van der Waals surface area contributed by atoms with Crippen LogP contribution in [0.2, 0.25) is 0 Å². The highest BCUT2D eigenvalue weighted by atomic mass is 16.3.